The minimum Gasteiger partial charge on any atom is -0.444 e. The second-order valence-corrected chi connectivity index (χ2v) is 2.15. The van der Waals surface area contributed by atoms with Gasteiger partial charge in [0.15, 0.2) is 0 Å². The lowest BCUT2D eigenvalue weighted by Crippen LogP contribution is -1.73. The molecule has 53 valence electrons. The Labute approximate surface area is 64.5 Å². The molecule has 0 saturated carbocycles. The van der Waals surface area contributed by atoms with Gasteiger partial charge < -0.3 is 4.42 Å². The smallest absolute Gasteiger partial charge is 0.226 e. The summed E-state index contributed by atoms with van der Waals surface area (Å²) >= 11 is 0. The number of aromatic nitrogens is 1. The van der Waals surface area contributed by atoms with Crippen molar-refractivity contribution >= 4 is 0 Å². The standard InChI is InChI=1S/C9H6NO/c1-2-4-8(5-3-1)9-10-6-7-11-9/h1-5,7H. The Balaban J connectivity index is 2.46. The molecule has 1 aromatic heterocycles. The summed E-state index contributed by atoms with van der Waals surface area (Å²) in [5, 5.41) is 0. The first kappa shape index (κ1) is 6.16. The van der Waals surface area contributed by atoms with Crippen molar-refractivity contribution in [3.63, 3.8) is 0 Å². The molecular formula is C9H6NO. The highest BCUT2D eigenvalue weighted by Crippen LogP contribution is 2.14. The van der Waals surface area contributed by atoms with Crippen molar-refractivity contribution < 1.29 is 4.42 Å². The second-order valence-electron chi connectivity index (χ2n) is 2.15. The molecule has 1 aromatic carbocycles. The van der Waals surface area contributed by atoms with Crippen LogP contribution in [0.5, 0.6) is 0 Å². The lowest BCUT2D eigenvalue weighted by atomic mass is 10.2. The zero-order valence-electron chi connectivity index (χ0n) is 5.82. The van der Waals surface area contributed by atoms with Crippen molar-refractivity contribution in [1.82, 2.24) is 4.98 Å². The summed E-state index contributed by atoms with van der Waals surface area (Å²) in [5.41, 5.74) is 0.980. The van der Waals surface area contributed by atoms with Crippen molar-refractivity contribution in [1.29, 1.82) is 0 Å². The SMILES string of the molecule is [c]1coc(-c2ccccc2)n1. The van der Waals surface area contributed by atoms with E-state index >= 15 is 0 Å². The molecule has 0 spiro atoms. The largest absolute Gasteiger partial charge is 0.444 e. The van der Waals surface area contributed by atoms with Crippen LogP contribution in [0.2, 0.25) is 0 Å². The fourth-order valence-electron chi connectivity index (χ4n) is 0.907. The van der Waals surface area contributed by atoms with E-state index in [1.165, 1.54) is 6.26 Å². The predicted molar refractivity (Wildman–Crippen MR) is 40.8 cm³/mol. The van der Waals surface area contributed by atoms with Crippen LogP contribution in [-0.2, 0) is 0 Å². The topological polar surface area (TPSA) is 26.0 Å². The third-order valence-corrected chi connectivity index (χ3v) is 1.41. The molecule has 0 atom stereocenters. The van der Waals surface area contributed by atoms with E-state index in [2.05, 4.69) is 11.2 Å². The van der Waals surface area contributed by atoms with Crippen LogP contribution < -0.4 is 0 Å². The molecule has 0 aliphatic heterocycles. The highest BCUT2D eigenvalue weighted by Gasteiger charge is 1.98. The lowest BCUT2D eigenvalue weighted by Gasteiger charge is -1.90. The van der Waals surface area contributed by atoms with E-state index in [1.807, 2.05) is 30.3 Å². The van der Waals surface area contributed by atoms with Gasteiger partial charge in [0.25, 0.3) is 0 Å². The maximum Gasteiger partial charge on any atom is 0.226 e. The van der Waals surface area contributed by atoms with Gasteiger partial charge in [-0.3, -0.25) is 0 Å². The molecule has 2 nitrogen and oxygen atoms in total. The molecule has 0 aliphatic carbocycles. The molecule has 2 heteroatoms. The van der Waals surface area contributed by atoms with Gasteiger partial charge in [0, 0.05) is 5.56 Å². The van der Waals surface area contributed by atoms with Crippen LogP contribution in [0.15, 0.2) is 41.0 Å². The van der Waals surface area contributed by atoms with Gasteiger partial charge in [-0.25, -0.2) is 4.98 Å². The van der Waals surface area contributed by atoms with Gasteiger partial charge in [0.05, 0.1) is 0 Å². The van der Waals surface area contributed by atoms with Crippen molar-refractivity contribution in [2.24, 2.45) is 0 Å². The van der Waals surface area contributed by atoms with E-state index in [0.717, 1.165) is 5.56 Å². The number of nitrogens with zero attached hydrogens (tertiary/aromatic N) is 1. The van der Waals surface area contributed by atoms with Gasteiger partial charge in [0.2, 0.25) is 5.89 Å². The fraction of sp³-hybridized carbons (Fsp3) is 0. The Kier molecular flexibility index (Phi) is 1.44. The lowest BCUT2D eigenvalue weighted by molar-refractivity contribution is 0.574. The molecule has 0 aliphatic rings. The van der Waals surface area contributed by atoms with E-state index in [-0.39, 0.29) is 0 Å². The Hall–Kier alpha value is -1.57. The van der Waals surface area contributed by atoms with Crippen molar-refractivity contribution in [2.75, 3.05) is 0 Å². The normalized spacial score (nSPS) is 9.82. The zero-order valence-corrected chi connectivity index (χ0v) is 5.82. The van der Waals surface area contributed by atoms with Gasteiger partial charge in [-0.1, -0.05) is 18.2 Å². The quantitative estimate of drug-likeness (QED) is 0.612. The average Bonchev–Trinajstić information content (AvgIpc) is 2.58. The third kappa shape index (κ3) is 1.15. The molecule has 2 aromatic rings. The fourth-order valence-corrected chi connectivity index (χ4v) is 0.907. The van der Waals surface area contributed by atoms with Crippen LogP contribution in [0.3, 0.4) is 0 Å². The van der Waals surface area contributed by atoms with Crippen LogP contribution >= 0.6 is 0 Å². The molecule has 0 unspecified atom stereocenters. The highest BCUT2D eigenvalue weighted by molar-refractivity contribution is 5.51. The van der Waals surface area contributed by atoms with E-state index in [4.69, 9.17) is 4.42 Å². The first-order chi connectivity index (χ1) is 5.47. The van der Waals surface area contributed by atoms with Gasteiger partial charge in [-0.15, -0.1) is 0 Å². The maximum absolute atomic E-state index is 5.05. The van der Waals surface area contributed by atoms with Crippen LogP contribution in [0.1, 0.15) is 0 Å². The van der Waals surface area contributed by atoms with E-state index < -0.39 is 0 Å². The van der Waals surface area contributed by atoms with Gasteiger partial charge in [-0.05, 0) is 12.1 Å². The summed E-state index contributed by atoms with van der Waals surface area (Å²) in [6.07, 6.45) is 4.06. The summed E-state index contributed by atoms with van der Waals surface area (Å²) in [6, 6.07) is 9.73. The van der Waals surface area contributed by atoms with Crippen LogP contribution in [-0.4, -0.2) is 4.98 Å². The van der Waals surface area contributed by atoms with Crippen LogP contribution in [0.25, 0.3) is 11.5 Å². The minimum atomic E-state index is 0.616. The first-order valence-corrected chi connectivity index (χ1v) is 3.34. The Bertz CT molecular complexity index is 313. The number of benzene rings is 1. The molecule has 0 bridgehead atoms. The van der Waals surface area contributed by atoms with Crippen molar-refractivity contribution in [3.05, 3.63) is 42.8 Å². The van der Waals surface area contributed by atoms with Crippen LogP contribution in [0.4, 0.5) is 0 Å². The number of rotatable bonds is 1. The maximum atomic E-state index is 5.05. The summed E-state index contributed by atoms with van der Waals surface area (Å²) in [5.74, 6) is 0.616. The summed E-state index contributed by atoms with van der Waals surface area (Å²) in [6.45, 7) is 0. The molecule has 2 rings (SSSR count). The van der Waals surface area contributed by atoms with E-state index in [9.17, 15) is 0 Å². The third-order valence-electron chi connectivity index (χ3n) is 1.41. The Morgan fingerprint density at radius 2 is 2.00 bits per heavy atom. The molecule has 0 N–H and O–H groups in total. The van der Waals surface area contributed by atoms with E-state index in [1.54, 1.807) is 0 Å². The van der Waals surface area contributed by atoms with Gasteiger partial charge in [0.1, 0.15) is 12.5 Å². The summed E-state index contributed by atoms with van der Waals surface area (Å²) < 4.78 is 5.05. The molecule has 1 heterocycles. The van der Waals surface area contributed by atoms with E-state index in [0.29, 0.717) is 5.89 Å². The summed E-state index contributed by atoms with van der Waals surface area (Å²) in [7, 11) is 0. The molecule has 0 saturated heterocycles. The highest BCUT2D eigenvalue weighted by atomic mass is 16.3. The van der Waals surface area contributed by atoms with Crippen molar-refractivity contribution in [3.8, 4) is 11.5 Å². The molecule has 11 heavy (non-hydrogen) atoms. The van der Waals surface area contributed by atoms with Gasteiger partial charge >= 0.3 is 0 Å². The number of hydrogen-bond donors (Lipinski definition) is 0. The first-order valence-electron chi connectivity index (χ1n) is 3.34. The van der Waals surface area contributed by atoms with Crippen molar-refractivity contribution in [2.45, 2.75) is 0 Å². The number of oxazole rings is 1. The van der Waals surface area contributed by atoms with Gasteiger partial charge in [-0.2, -0.15) is 0 Å². The monoisotopic (exact) mass is 144 g/mol. The molecule has 1 radical (unpaired) electrons. The molecule has 0 fully saturated rings. The zero-order chi connectivity index (χ0) is 7.52. The molecular weight excluding hydrogens is 138 g/mol. The Morgan fingerprint density at radius 3 is 2.64 bits per heavy atom. The minimum absolute atomic E-state index is 0.616. The van der Waals surface area contributed by atoms with Crippen LogP contribution in [0, 0.1) is 6.20 Å². The second kappa shape index (κ2) is 2.58. The molecule has 0 amide bonds. The average molecular weight is 144 g/mol. The Morgan fingerprint density at radius 1 is 1.18 bits per heavy atom. The summed E-state index contributed by atoms with van der Waals surface area (Å²) in [4.78, 5) is 3.89. The number of hydrogen-bond acceptors (Lipinski definition) is 2. The predicted octanol–water partition coefficient (Wildman–Crippen LogP) is 2.14.